The number of carbonyl (C=O) groups is 2. The van der Waals surface area contributed by atoms with E-state index in [1.165, 1.54) is 13.0 Å². The Bertz CT molecular complexity index is 459. The SMILES string of the molecule is CCOc1cc(Br)cc(C(=O)O)c1NC(C)=O. The summed E-state index contributed by atoms with van der Waals surface area (Å²) in [6.07, 6.45) is 0. The largest absolute Gasteiger partial charge is 0.492 e. The molecule has 1 aromatic carbocycles. The molecule has 0 aliphatic carbocycles. The Balaban J connectivity index is 3.35. The van der Waals surface area contributed by atoms with Crippen molar-refractivity contribution in [2.75, 3.05) is 11.9 Å². The van der Waals surface area contributed by atoms with Gasteiger partial charge in [0.15, 0.2) is 0 Å². The van der Waals surface area contributed by atoms with Crippen molar-refractivity contribution < 1.29 is 19.4 Å². The van der Waals surface area contributed by atoms with Crippen molar-refractivity contribution in [3.63, 3.8) is 0 Å². The maximum atomic E-state index is 11.1. The second kappa shape index (κ2) is 5.67. The number of carbonyl (C=O) groups excluding carboxylic acids is 1. The molecule has 1 amide bonds. The molecule has 0 saturated heterocycles. The molecule has 0 saturated carbocycles. The second-order valence-electron chi connectivity index (χ2n) is 3.25. The summed E-state index contributed by atoms with van der Waals surface area (Å²) in [7, 11) is 0. The van der Waals surface area contributed by atoms with E-state index >= 15 is 0 Å². The zero-order valence-corrected chi connectivity index (χ0v) is 11.0. The predicted octanol–water partition coefficient (Wildman–Crippen LogP) is 2.50. The number of carboxylic acids is 1. The van der Waals surface area contributed by atoms with Crippen LogP contribution in [0.4, 0.5) is 5.69 Å². The lowest BCUT2D eigenvalue weighted by molar-refractivity contribution is -0.114. The van der Waals surface area contributed by atoms with Crippen LogP contribution in [0.2, 0.25) is 0 Å². The number of ether oxygens (including phenoxy) is 1. The van der Waals surface area contributed by atoms with Gasteiger partial charge in [-0.3, -0.25) is 4.79 Å². The molecule has 0 aliphatic rings. The number of benzene rings is 1. The summed E-state index contributed by atoms with van der Waals surface area (Å²) >= 11 is 3.20. The van der Waals surface area contributed by atoms with Gasteiger partial charge in [-0.15, -0.1) is 0 Å². The van der Waals surface area contributed by atoms with Gasteiger partial charge < -0.3 is 15.2 Å². The highest BCUT2D eigenvalue weighted by Crippen LogP contribution is 2.33. The summed E-state index contributed by atoms with van der Waals surface area (Å²) < 4.78 is 5.88. The molecule has 2 N–H and O–H groups in total. The summed E-state index contributed by atoms with van der Waals surface area (Å²) in [6, 6.07) is 3.03. The lowest BCUT2D eigenvalue weighted by Crippen LogP contribution is -2.12. The smallest absolute Gasteiger partial charge is 0.337 e. The number of hydrogen-bond donors (Lipinski definition) is 2. The molecule has 1 rings (SSSR count). The minimum absolute atomic E-state index is 0.0157. The molecule has 6 heteroatoms. The van der Waals surface area contributed by atoms with Crippen LogP contribution in [-0.4, -0.2) is 23.6 Å². The van der Waals surface area contributed by atoms with Crippen LogP contribution >= 0.6 is 15.9 Å². The number of halogens is 1. The van der Waals surface area contributed by atoms with Crippen molar-refractivity contribution in [1.82, 2.24) is 0 Å². The Morgan fingerprint density at radius 2 is 2.12 bits per heavy atom. The fourth-order valence-corrected chi connectivity index (χ4v) is 1.76. The van der Waals surface area contributed by atoms with Gasteiger partial charge in [-0.25, -0.2) is 4.79 Å². The summed E-state index contributed by atoms with van der Waals surface area (Å²) in [5.41, 5.74) is 0.160. The van der Waals surface area contributed by atoms with Crippen molar-refractivity contribution in [3.8, 4) is 5.75 Å². The molecule has 0 spiro atoms. The van der Waals surface area contributed by atoms with Gasteiger partial charge in [0.25, 0.3) is 0 Å². The molecule has 0 aliphatic heterocycles. The van der Waals surface area contributed by atoms with Crippen LogP contribution in [0.25, 0.3) is 0 Å². The average molecular weight is 302 g/mol. The van der Waals surface area contributed by atoms with Crippen molar-refractivity contribution in [2.24, 2.45) is 0 Å². The first-order valence-corrected chi connectivity index (χ1v) is 5.72. The van der Waals surface area contributed by atoms with Gasteiger partial charge in [0, 0.05) is 11.4 Å². The van der Waals surface area contributed by atoms with Gasteiger partial charge in [0.1, 0.15) is 5.75 Å². The minimum Gasteiger partial charge on any atom is -0.492 e. The number of hydrogen-bond acceptors (Lipinski definition) is 3. The van der Waals surface area contributed by atoms with Crippen LogP contribution in [0.3, 0.4) is 0 Å². The zero-order chi connectivity index (χ0) is 13.0. The lowest BCUT2D eigenvalue weighted by atomic mass is 10.1. The number of nitrogens with one attached hydrogen (secondary N) is 1. The molecule has 0 heterocycles. The van der Waals surface area contributed by atoms with E-state index in [1.54, 1.807) is 13.0 Å². The molecule has 92 valence electrons. The third-order valence-electron chi connectivity index (χ3n) is 1.90. The maximum absolute atomic E-state index is 11.1. The molecule has 0 unspecified atom stereocenters. The normalized spacial score (nSPS) is 9.82. The lowest BCUT2D eigenvalue weighted by Gasteiger charge is -2.13. The first-order chi connectivity index (χ1) is 7.95. The minimum atomic E-state index is -1.13. The van der Waals surface area contributed by atoms with E-state index in [4.69, 9.17) is 9.84 Å². The summed E-state index contributed by atoms with van der Waals surface area (Å²) in [5.74, 6) is -1.15. The van der Waals surface area contributed by atoms with E-state index in [2.05, 4.69) is 21.2 Å². The van der Waals surface area contributed by atoms with Crippen LogP contribution in [0.15, 0.2) is 16.6 Å². The first-order valence-electron chi connectivity index (χ1n) is 4.93. The van der Waals surface area contributed by atoms with E-state index in [0.29, 0.717) is 16.8 Å². The van der Waals surface area contributed by atoms with E-state index in [-0.39, 0.29) is 17.2 Å². The van der Waals surface area contributed by atoms with Gasteiger partial charge in [0.2, 0.25) is 5.91 Å². The Morgan fingerprint density at radius 3 is 2.59 bits per heavy atom. The summed E-state index contributed by atoms with van der Waals surface area (Å²) in [6.45, 7) is 3.46. The molecule has 17 heavy (non-hydrogen) atoms. The highest BCUT2D eigenvalue weighted by Gasteiger charge is 2.17. The van der Waals surface area contributed by atoms with E-state index in [1.807, 2.05) is 0 Å². The van der Waals surface area contributed by atoms with Crippen LogP contribution in [-0.2, 0) is 4.79 Å². The fourth-order valence-electron chi connectivity index (χ4n) is 1.32. The molecule has 1 aromatic rings. The topological polar surface area (TPSA) is 75.6 Å². The molecular formula is C11H12BrNO4. The number of carboxylic acid groups (broad SMARTS) is 1. The molecule has 5 nitrogen and oxygen atoms in total. The molecule has 0 fully saturated rings. The molecule has 0 atom stereocenters. The van der Waals surface area contributed by atoms with Crippen molar-refractivity contribution in [2.45, 2.75) is 13.8 Å². The Labute approximate surface area is 107 Å². The Kier molecular flexibility index (Phi) is 4.51. The van der Waals surface area contributed by atoms with Crippen molar-refractivity contribution in [3.05, 3.63) is 22.2 Å². The highest BCUT2D eigenvalue weighted by atomic mass is 79.9. The van der Waals surface area contributed by atoms with E-state index < -0.39 is 5.97 Å². The fraction of sp³-hybridized carbons (Fsp3) is 0.273. The molecule has 0 radical (unpaired) electrons. The Hall–Kier alpha value is -1.56. The molecule has 0 bridgehead atoms. The van der Waals surface area contributed by atoms with Gasteiger partial charge in [-0.2, -0.15) is 0 Å². The van der Waals surface area contributed by atoms with Crippen LogP contribution in [0.5, 0.6) is 5.75 Å². The molecular weight excluding hydrogens is 290 g/mol. The monoisotopic (exact) mass is 301 g/mol. The third-order valence-corrected chi connectivity index (χ3v) is 2.36. The van der Waals surface area contributed by atoms with Gasteiger partial charge in [-0.05, 0) is 19.1 Å². The van der Waals surface area contributed by atoms with Gasteiger partial charge >= 0.3 is 5.97 Å². The van der Waals surface area contributed by atoms with Gasteiger partial charge in [-0.1, -0.05) is 15.9 Å². The number of anilines is 1. The van der Waals surface area contributed by atoms with E-state index in [9.17, 15) is 9.59 Å². The highest BCUT2D eigenvalue weighted by molar-refractivity contribution is 9.10. The quantitative estimate of drug-likeness (QED) is 0.896. The van der Waals surface area contributed by atoms with E-state index in [0.717, 1.165) is 0 Å². The van der Waals surface area contributed by atoms with Crippen LogP contribution in [0.1, 0.15) is 24.2 Å². The predicted molar refractivity (Wildman–Crippen MR) is 66.6 cm³/mol. The Morgan fingerprint density at radius 1 is 1.47 bits per heavy atom. The summed E-state index contributed by atoms with van der Waals surface area (Å²) in [5, 5.41) is 11.5. The first kappa shape index (κ1) is 13.5. The van der Waals surface area contributed by atoms with Crippen molar-refractivity contribution in [1.29, 1.82) is 0 Å². The third kappa shape index (κ3) is 3.45. The standard InChI is InChI=1S/C11H12BrNO4/c1-3-17-9-5-7(12)4-8(11(15)16)10(9)13-6(2)14/h4-5H,3H2,1-2H3,(H,13,14)(H,15,16). The van der Waals surface area contributed by atoms with Crippen LogP contribution in [0, 0.1) is 0 Å². The van der Waals surface area contributed by atoms with Gasteiger partial charge in [0.05, 0.1) is 17.9 Å². The zero-order valence-electron chi connectivity index (χ0n) is 9.41. The average Bonchev–Trinajstić information content (AvgIpc) is 2.21. The van der Waals surface area contributed by atoms with Crippen LogP contribution < -0.4 is 10.1 Å². The second-order valence-corrected chi connectivity index (χ2v) is 4.16. The summed E-state index contributed by atoms with van der Waals surface area (Å²) in [4.78, 5) is 22.1. The number of rotatable bonds is 4. The van der Waals surface area contributed by atoms with Crippen molar-refractivity contribution >= 4 is 33.5 Å². The number of aromatic carboxylic acids is 1. The molecule has 0 aromatic heterocycles. The maximum Gasteiger partial charge on any atom is 0.337 e. The number of amides is 1.